The summed E-state index contributed by atoms with van der Waals surface area (Å²) in [6, 6.07) is 1.75. The van der Waals surface area contributed by atoms with E-state index in [1.807, 2.05) is 13.8 Å². The van der Waals surface area contributed by atoms with E-state index in [2.05, 4.69) is 15.3 Å². The highest BCUT2D eigenvalue weighted by Gasteiger charge is 2.06. The number of rotatable bonds is 4. The van der Waals surface area contributed by atoms with Crippen LogP contribution in [0.25, 0.3) is 0 Å². The Hall–Kier alpha value is -1.91. The van der Waals surface area contributed by atoms with E-state index in [-0.39, 0.29) is 11.7 Å². The Kier molecular flexibility index (Phi) is 4.20. The molecule has 1 heterocycles. The largest absolute Gasteiger partial charge is 0.384 e. The van der Waals surface area contributed by atoms with Gasteiger partial charge in [0.2, 0.25) is 5.95 Å². The summed E-state index contributed by atoms with van der Waals surface area (Å²) in [5.74, 6) is 1.09. The number of hydrogen-bond donors (Lipinski definition) is 2. The molecule has 0 spiro atoms. The summed E-state index contributed by atoms with van der Waals surface area (Å²) < 4.78 is 0. The van der Waals surface area contributed by atoms with Gasteiger partial charge < -0.3 is 11.1 Å². The van der Waals surface area contributed by atoms with Crippen LogP contribution in [0, 0.1) is 0 Å². The molecule has 17 heavy (non-hydrogen) atoms. The number of carbonyl (C=O) groups is 1. The third kappa shape index (κ3) is 4.22. The topological polar surface area (TPSA) is 80.9 Å². The normalized spacial score (nSPS) is 11.7. The van der Waals surface area contributed by atoms with Gasteiger partial charge in [0.15, 0.2) is 5.78 Å². The highest BCUT2D eigenvalue weighted by atomic mass is 16.1. The van der Waals surface area contributed by atoms with Gasteiger partial charge in [0, 0.05) is 11.8 Å². The minimum Gasteiger partial charge on any atom is -0.384 e. The van der Waals surface area contributed by atoms with E-state index in [4.69, 9.17) is 5.73 Å². The molecule has 5 heteroatoms. The lowest BCUT2D eigenvalue weighted by Crippen LogP contribution is -2.07. The summed E-state index contributed by atoms with van der Waals surface area (Å²) in [5.41, 5.74) is 7.26. The standard InChI is InChI=1S/C12H18N4O/c1-7(2)10-6-11(13)16-12(15-10)14-8(3)5-9(4)17/h5-7H,1-4H3,(H3,13,14,15,16)/b8-5-. The minimum atomic E-state index is -0.0250. The van der Waals surface area contributed by atoms with Crippen LogP contribution in [0.15, 0.2) is 17.8 Å². The molecule has 0 bridgehead atoms. The molecule has 92 valence electrons. The van der Waals surface area contributed by atoms with E-state index in [0.29, 0.717) is 17.5 Å². The lowest BCUT2D eigenvalue weighted by molar-refractivity contribution is -0.112. The first-order chi connectivity index (χ1) is 7.88. The molecule has 0 aliphatic heterocycles. The van der Waals surface area contributed by atoms with Gasteiger partial charge in [0.05, 0.1) is 5.69 Å². The van der Waals surface area contributed by atoms with Crippen molar-refractivity contribution in [1.29, 1.82) is 0 Å². The van der Waals surface area contributed by atoms with E-state index in [0.717, 1.165) is 5.69 Å². The summed E-state index contributed by atoms with van der Waals surface area (Å²) in [6.45, 7) is 7.33. The summed E-state index contributed by atoms with van der Waals surface area (Å²) in [4.78, 5) is 19.3. The van der Waals surface area contributed by atoms with Crippen molar-refractivity contribution in [2.24, 2.45) is 0 Å². The second kappa shape index (κ2) is 5.43. The highest BCUT2D eigenvalue weighted by Crippen LogP contribution is 2.16. The Morgan fingerprint density at radius 3 is 2.59 bits per heavy atom. The Morgan fingerprint density at radius 2 is 2.06 bits per heavy atom. The quantitative estimate of drug-likeness (QED) is 0.779. The van der Waals surface area contributed by atoms with E-state index in [1.165, 1.54) is 13.0 Å². The number of nitrogen functional groups attached to an aromatic ring is 1. The molecule has 0 aliphatic carbocycles. The number of aromatic nitrogens is 2. The van der Waals surface area contributed by atoms with E-state index < -0.39 is 0 Å². The predicted molar refractivity (Wildman–Crippen MR) is 68.6 cm³/mol. The molecule has 0 unspecified atom stereocenters. The van der Waals surface area contributed by atoms with Crippen LogP contribution in [0.1, 0.15) is 39.3 Å². The molecule has 0 amide bonds. The number of anilines is 2. The van der Waals surface area contributed by atoms with Gasteiger partial charge in [-0.1, -0.05) is 13.8 Å². The van der Waals surface area contributed by atoms with Gasteiger partial charge >= 0.3 is 0 Å². The summed E-state index contributed by atoms with van der Waals surface area (Å²) >= 11 is 0. The molecule has 0 fully saturated rings. The second-order valence-corrected chi connectivity index (χ2v) is 4.26. The van der Waals surface area contributed by atoms with Crippen LogP contribution in [-0.4, -0.2) is 15.8 Å². The third-order valence-electron chi connectivity index (χ3n) is 2.09. The van der Waals surface area contributed by atoms with Crippen molar-refractivity contribution in [2.75, 3.05) is 11.1 Å². The van der Waals surface area contributed by atoms with Crippen LogP contribution in [0.5, 0.6) is 0 Å². The van der Waals surface area contributed by atoms with Crippen molar-refractivity contribution in [2.45, 2.75) is 33.6 Å². The predicted octanol–water partition coefficient (Wildman–Crippen LogP) is 2.09. The molecular weight excluding hydrogens is 216 g/mol. The lowest BCUT2D eigenvalue weighted by atomic mass is 10.1. The molecule has 0 aliphatic rings. The number of allylic oxidation sites excluding steroid dienone is 2. The average molecular weight is 234 g/mol. The molecule has 5 nitrogen and oxygen atoms in total. The van der Waals surface area contributed by atoms with E-state index in [1.54, 1.807) is 13.0 Å². The average Bonchev–Trinajstić information content (AvgIpc) is 2.14. The maximum Gasteiger partial charge on any atom is 0.229 e. The molecule has 0 saturated heterocycles. The molecule has 1 aromatic heterocycles. The van der Waals surface area contributed by atoms with Crippen LogP contribution >= 0.6 is 0 Å². The number of ketones is 1. The monoisotopic (exact) mass is 234 g/mol. The fourth-order valence-corrected chi connectivity index (χ4v) is 1.35. The molecule has 1 rings (SSSR count). The summed E-state index contributed by atoms with van der Waals surface area (Å²) in [7, 11) is 0. The van der Waals surface area contributed by atoms with Gasteiger partial charge in [0.25, 0.3) is 0 Å². The number of nitrogens with zero attached hydrogens (tertiary/aromatic N) is 2. The zero-order valence-corrected chi connectivity index (χ0v) is 10.6. The van der Waals surface area contributed by atoms with Crippen molar-refractivity contribution in [3.05, 3.63) is 23.5 Å². The highest BCUT2D eigenvalue weighted by molar-refractivity contribution is 5.88. The van der Waals surface area contributed by atoms with Crippen molar-refractivity contribution in [3.8, 4) is 0 Å². The minimum absolute atomic E-state index is 0.0250. The molecular formula is C12H18N4O. The molecule has 1 aromatic rings. The van der Waals surface area contributed by atoms with Gasteiger partial charge in [-0.05, 0) is 25.8 Å². The maximum atomic E-state index is 10.9. The van der Waals surface area contributed by atoms with Crippen LogP contribution in [0.2, 0.25) is 0 Å². The smallest absolute Gasteiger partial charge is 0.229 e. The number of nitrogens with one attached hydrogen (secondary N) is 1. The molecule has 0 atom stereocenters. The van der Waals surface area contributed by atoms with Crippen LogP contribution in [-0.2, 0) is 4.79 Å². The molecule has 3 N–H and O–H groups in total. The SMILES string of the molecule is CC(=O)/C=C(/C)Nc1nc(N)cc(C(C)C)n1. The zero-order chi connectivity index (χ0) is 13.0. The number of nitrogens with two attached hydrogens (primary N) is 1. The van der Waals surface area contributed by atoms with Crippen molar-refractivity contribution < 1.29 is 4.79 Å². The van der Waals surface area contributed by atoms with Gasteiger partial charge in [-0.2, -0.15) is 4.98 Å². The summed E-state index contributed by atoms with van der Waals surface area (Å²) in [5, 5.41) is 2.95. The van der Waals surface area contributed by atoms with E-state index >= 15 is 0 Å². The molecule has 0 aromatic carbocycles. The van der Waals surface area contributed by atoms with Gasteiger partial charge in [-0.15, -0.1) is 0 Å². The van der Waals surface area contributed by atoms with Gasteiger partial charge in [0.1, 0.15) is 5.82 Å². The maximum absolute atomic E-state index is 10.9. The van der Waals surface area contributed by atoms with Gasteiger partial charge in [-0.25, -0.2) is 4.98 Å². The van der Waals surface area contributed by atoms with Crippen molar-refractivity contribution >= 4 is 17.5 Å². The fraction of sp³-hybridized carbons (Fsp3) is 0.417. The van der Waals surface area contributed by atoms with Crippen LogP contribution in [0.3, 0.4) is 0 Å². The second-order valence-electron chi connectivity index (χ2n) is 4.26. The first kappa shape index (κ1) is 13.2. The Morgan fingerprint density at radius 1 is 1.41 bits per heavy atom. The number of carbonyl (C=O) groups excluding carboxylic acids is 1. The molecule has 0 radical (unpaired) electrons. The van der Waals surface area contributed by atoms with Crippen LogP contribution in [0.4, 0.5) is 11.8 Å². The fourth-order valence-electron chi connectivity index (χ4n) is 1.35. The first-order valence-electron chi connectivity index (χ1n) is 5.49. The van der Waals surface area contributed by atoms with Crippen molar-refractivity contribution in [3.63, 3.8) is 0 Å². The molecule has 0 saturated carbocycles. The Labute approximate surface area is 101 Å². The Bertz CT molecular complexity index is 452. The van der Waals surface area contributed by atoms with Crippen molar-refractivity contribution in [1.82, 2.24) is 9.97 Å². The van der Waals surface area contributed by atoms with Crippen LogP contribution < -0.4 is 11.1 Å². The summed E-state index contributed by atoms with van der Waals surface area (Å²) in [6.07, 6.45) is 1.49. The lowest BCUT2D eigenvalue weighted by Gasteiger charge is -2.09. The number of hydrogen-bond acceptors (Lipinski definition) is 5. The zero-order valence-electron chi connectivity index (χ0n) is 10.6. The first-order valence-corrected chi connectivity index (χ1v) is 5.49. The van der Waals surface area contributed by atoms with Gasteiger partial charge in [-0.3, -0.25) is 4.79 Å². The third-order valence-corrected chi connectivity index (χ3v) is 2.09. The Balaban J connectivity index is 2.95. The van der Waals surface area contributed by atoms with E-state index in [9.17, 15) is 4.79 Å².